The lowest BCUT2D eigenvalue weighted by Crippen LogP contribution is -2.28. The number of para-hydroxylation sites is 1. The highest BCUT2D eigenvalue weighted by Crippen LogP contribution is 2.47. The molecule has 0 radical (unpaired) electrons. The van der Waals surface area contributed by atoms with Crippen molar-refractivity contribution in [2.75, 3.05) is 0 Å². The Balaban J connectivity index is 2.24. The lowest BCUT2D eigenvalue weighted by Gasteiger charge is -2.18. The highest BCUT2D eigenvalue weighted by molar-refractivity contribution is 6.37. The summed E-state index contributed by atoms with van der Waals surface area (Å²) in [6.07, 6.45) is 0. The second-order valence-corrected chi connectivity index (χ2v) is 4.48. The molecule has 0 aliphatic carbocycles. The van der Waals surface area contributed by atoms with Gasteiger partial charge >= 0.3 is 5.97 Å². The minimum Gasteiger partial charge on any atom is -0.424 e. The van der Waals surface area contributed by atoms with Crippen molar-refractivity contribution in [3.05, 3.63) is 65.7 Å². The molecule has 1 unspecified atom stereocenters. The molecular weight excluding hydrogens is 236 g/mol. The third-order valence-electron chi connectivity index (χ3n) is 2.91. The maximum absolute atomic E-state index is 12.0. The third kappa shape index (κ3) is 1.38. The van der Waals surface area contributed by atoms with Gasteiger partial charge in [-0.3, -0.25) is 0 Å². The molecule has 1 aliphatic rings. The Hall–Kier alpha value is -1.80. The summed E-state index contributed by atoms with van der Waals surface area (Å²) in [7, 11) is 0. The maximum Gasteiger partial charge on any atom is 0.342 e. The summed E-state index contributed by atoms with van der Waals surface area (Å²) in [5.74, 6) is 0.0999. The molecule has 0 saturated carbocycles. The van der Waals surface area contributed by atoms with E-state index in [4.69, 9.17) is 16.3 Å². The summed E-state index contributed by atoms with van der Waals surface area (Å²) in [4.78, 5) is 10.8. The Bertz CT molecular complexity index is 580. The average Bonchev–Trinajstić information content (AvgIpc) is 2.64. The Kier molecular flexibility index (Phi) is 2.20. The van der Waals surface area contributed by atoms with Gasteiger partial charge in [0.05, 0.1) is 0 Å². The van der Waals surface area contributed by atoms with Crippen LogP contribution in [0.25, 0.3) is 0 Å². The van der Waals surface area contributed by atoms with Gasteiger partial charge in [-0.05, 0) is 11.6 Å². The van der Waals surface area contributed by atoms with Crippen LogP contribution in [-0.2, 0) is 9.67 Å². The van der Waals surface area contributed by atoms with Crippen molar-refractivity contribution in [1.29, 1.82) is 0 Å². The van der Waals surface area contributed by atoms with Crippen LogP contribution in [-0.4, -0.2) is 5.97 Å². The lowest BCUT2D eigenvalue weighted by atomic mass is 9.92. The van der Waals surface area contributed by atoms with Crippen molar-refractivity contribution >= 4 is 17.6 Å². The molecule has 3 rings (SSSR count). The first kappa shape index (κ1) is 10.4. The van der Waals surface area contributed by atoms with Crippen LogP contribution in [0.15, 0.2) is 54.6 Å². The van der Waals surface area contributed by atoms with Crippen LogP contribution < -0.4 is 4.74 Å². The number of hydrogen-bond acceptors (Lipinski definition) is 2. The smallest absolute Gasteiger partial charge is 0.342 e. The van der Waals surface area contributed by atoms with E-state index in [0.717, 1.165) is 5.56 Å². The first-order valence-corrected chi connectivity index (χ1v) is 5.67. The van der Waals surface area contributed by atoms with E-state index in [9.17, 15) is 4.79 Å². The molecule has 0 spiro atoms. The van der Waals surface area contributed by atoms with Gasteiger partial charge in [-0.15, -0.1) is 0 Å². The van der Waals surface area contributed by atoms with E-state index in [-0.39, 0.29) is 0 Å². The molecule has 0 aromatic heterocycles. The second-order valence-electron chi connectivity index (χ2n) is 3.91. The maximum atomic E-state index is 12.0. The molecule has 0 amide bonds. The minimum atomic E-state index is -1.21. The molecule has 2 nitrogen and oxygen atoms in total. The number of alkyl halides is 1. The first-order valence-electron chi connectivity index (χ1n) is 5.29. The predicted octanol–water partition coefficient (Wildman–Crippen LogP) is 3.09. The zero-order chi connectivity index (χ0) is 11.9. The number of benzene rings is 2. The van der Waals surface area contributed by atoms with Gasteiger partial charge in [-0.2, -0.15) is 0 Å². The standard InChI is InChI=1S/C14H9ClO2/c15-14(10-6-2-1-3-7-10)11-8-4-5-9-12(11)17-13(14)16/h1-9H. The summed E-state index contributed by atoms with van der Waals surface area (Å²) in [6, 6.07) is 16.5. The van der Waals surface area contributed by atoms with Crippen LogP contribution in [0.3, 0.4) is 0 Å². The molecule has 84 valence electrons. The molecule has 1 atom stereocenters. The van der Waals surface area contributed by atoms with Crippen molar-refractivity contribution in [2.45, 2.75) is 4.87 Å². The van der Waals surface area contributed by atoms with Crippen molar-refractivity contribution < 1.29 is 9.53 Å². The van der Waals surface area contributed by atoms with E-state index in [2.05, 4.69) is 0 Å². The zero-order valence-corrected chi connectivity index (χ0v) is 9.65. The van der Waals surface area contributed by atoms with Gasteiger partial charge in [-0.25, -0.2) is 4.79 Å². The van der Waals surface area contributed by atoms with Crippen LogP contribution in [0.5, 0.6) is 5.75 Å². The van der Waals surface area contributed by atoms with Crippen LogP contribution in [0, 0.1) is 0 Å². The highest BCUT2D eigenvalue weighted by atomic mass is 35.5. The third-order valence-corrected chi connectivity index (χ3v) is 3.49. The summed E-state index contributed by atoms with van der Waals surface area (Å²) >= 11 is 6.50. The number of carbonyl (C=O) groups excluding carboxylic acids is 1. The molecule has 0 bridgehead atoms. The van der Waals surface area contributed by atoms with Gasteiger partial charge in [0.2, 0.25) is 0 Å². The van der Waals surface area contributed by atoms with E-state index >= 15 is 0 Å². The molecule has 1 heterocycles. The Morgan fingerprint density at radius 2 is 1.59 bits per heavy atom. The zero-order valence-electron chi connectivity index (χ0n) is 8.89. The fourth-order valence-electron chi connectivity index (χ4n) is 2.06. The molecule has 1 aliphatic heterocycles. The monoisotopic (exact) mass is 244 g/mol. The summed E-state index contributed by atoms with van der Waals surface area (Å²) in [5.41, 5.74) is 1.44. The molecular formula is C14H9ClO2. The van der Waals surface area contributed by atoms with Crippen LogP contribution in [0.2, 0.25) is 0 Å². The topological polar surface area (TPSA) is 26.3 Å². The normalized spacial score (nSPS) is 22.1. The van der Waals surface area contributed by atoms with Crippen LogP contribution in [0.1, 0.15) is 11.1 Å². The second kappa shape index (κ2) is 3.60. The van der Waals surface area contributed by atoms with Gasteiger partial charge in [0, 0.05) is 5.56 Å². The van der Waals surface area contributed by atoms with Gasteiger partial charge in [0.15, 0.2) is 4.87 Å². The van der Waals surface area contributed by atoms with E-state index < -0.39 is 10.8 Å². The number of carbonyl (C=O) groups is 1. The molecule has 0 N–H and O–H groups in total. The predicted molar refractivity (Wildman–Crippen MR) is 65.2 cm³/mol. The van der Waals surface area contributed by atoms with E-state index in [1.807, 2.05) is 48.5 Å². The summed E-state index contributed by atoms with van der Waals surface area (Å²) in [6.45, 7) is 0. The number of halogens is 1. The first-order chi connectivity index (χ1) is 8.23. The number of esters is 1. The molecule has 3 heteroatoms. The van der Waals surface area contributed by atoms with E-state index in [0.29, 0.717) is 11.3 Å². The van der Waals surface area contributed by atoms with Crippen molar-refractivity contribution in [3.8, 4) is 5.75 Å². The van der Waals surface area contributed by atoms with Crippen LogP contribution >= 0.6 is 11.6 Å². The Labute approximate surface area is 104 Å². The van der Waals surface area contributed by atoms with Gasteiger partial charge in [-0.1, -0.05) is 60.1 Å². The fourth-order valence-corrected chi connectivity index (χ4v) is 2.38. The highest BCUT2D eigenvalue weighted by Gasteiger charge is 2.49. The van der Waals surface area contributed by atoms with Crippen molar-refractivity contribution in [3.63, 3.8) is 0 Å². The average molecular weight is 245 g/mol. The number of hydrogen-bond donors (Lipinski definition) is 0. The minimum absolute atomic E-state index is 0.438. The van der Waals surface area contributed by atoms with Crippen molar-refractivity contribution in [1.82, 2.24) is 0 Å². The molecule has 2 aromatic rings. The Morgan fingerprint density at radius 1 is 0.941 bits per heavy atom. The summed E-state index contributed by atoms with van der Waals surface area (Å²) < 4.78 is 5.21. The van der Waals surface area contributed by atoms with Gasteiger partial charge < -0.3 is 4.74 Å². The van der Waals surface area contributed by atoms with Crippen LogP contribution in [0.4, 0.5) is 0 Å². The number of rotatable bonds is 1. The van der Waals surface area contributed by atoms with E-state index in [1.165, 1.54) is 0 Å². The SMILES string of the molecule is O=C1Oc2ccccc2C1(Cl)c1ccccc1. The number of fused-ring (bicyclic) bond motifs is 1. The molecule has 0 fully saturated rings. The van der Waals surface area contributed by atoms with Gasteiger partial charge in [0.25, 0.3) is 0 Å². The van der Waals surface area contributed by atoms with Crippen molar-refractivity contribution in [2.24, 2.45) is 0 Å². The fraction of sp³-hybridized carbons (Fsp3) is 0.0714. The largest absolute Gasteiger partial charge is 0.424 e. The lowest BCUT2D eigenvalue weighted by molar-refractivity contribution is -0.134. The molecule has 2 aromatic carbocycles. The quantitative estimate of drug-likeness (QED) is 0.438. The van der Waals surface area contributed by atoms with E-state index in [1.54, 1.807) is 6.07 Å². The number of ether oxygens (including phenoxy) is 1. The summed E-state index contributed by atoms with van der Waals surface area (Å²) in [5, 5.41) is 0. The Morgan fingerprint density at radius 3 is 2.35 bits per heavy atom. The molecule has 0 saturated heterocycles. The van der Waals surface area contributed by atoms with Gasteiger partial charge in [0.1, 0.15) is 5.75 Å². The molecule has 17 heavy (non-hydrogen) atoms.